The third kappa shape index (κ3) is 5.62. The predicted octanol–water partition coefficient (Wildman–Crippen LogP) is 4.75. The van der Waals surface area contributed by atoms with Crippen LogP contribution in [0.4, 0.5) is 5.69 Å². The molecule has 1 atom stereocenters. The Balaban J connectivity index is 1.62. The summed E-state index contributed by atoms with van der Waals surface area (Å²) in [6.07, 6.45) is 5.22. The summed E-state index contributed by atoms with van der Waals surface area (Å²) in [6.45, 7) is 6.06. The summed E-state index contributed by atoms with van der Waals surface area (Å²) in [5.74, 6) is 0.00712. The number of carbonyl (C=O) groups is 2. The van der Waals surface area contributed by atoms with E-state index in [0.29, 0.717) is 30.5 Å². The lowest BCUT2D eigenvalue weighted by atomic mass is 9.99. The number of aliphatic hydroxyl groups excluding tert-OH is 1. The minimum atomic E-state index is -0.538. The van der Waals surface area contributed by atoms with E-state index >= 15 is 0 Å². The van der Waals surface area contributed by atoms with Crippen molar-refractivity contribution in [1.29, 1.82) is 0 Å². The van der Waals surface area contributed by atoms with Gasteiger partial charge in [0.15, 0.2) is 0 Å². The van der Waals surface area contributed by atoms with E-state index in [4.69, 9.17) is 4.99 Å². The molecule has 2 amide bonds. The molecule has 0 radical (unpaired) electrons. The number of hydrogen-bond acceptors (Lipinski definition) is 4. The van der Waals surface area contributed by atoms with E-state index in [1.807, 2.05) is 60.4 Å². The minimum absolute atomic E-state index is 0.0877. The van der Waals surface area contributed by atoms with Gasteiger partial charge in [-0.2, -0.15) is 0 Å². The highest BCUT2D eigenvalue weighted by Crippen LogP contribution is 2.33. The number of aliphatic imine (C=N–C) groups is 1. The standard InChI is InChI=1S/C28H33N3O3/c1-3-12-29-27(33)24-16-23-11-10-22(18-26(23)30-25(17-24)15-19(2)32)20-6-8-21(9-7-20)28(34)31-13-4-5-14-31/h6-11,16,18-19,32H,3-5,12-15,17H2,1-2H3,(H,29,33)/t19-/m0/s1. The number of likely N-dealkylation sites (tertiary alicyclic amines) is 1. The zero-order valence-electron chi connectivity index (χ0n) is 20.0. The van der Waals surface area contributed by atoms with Gasteiger partial charge in [0.2, 0.25) is 5.91 Å². The van der Waals surface area contributed by atoms with Crippen LogP contribution in [-0.4, -0.2) is 53.3 Å². The van der Waals surface area contributed by atoms with Crippen LogP contribution in [0.15, 0.2) is 53.0 Å². The summed E-state index contributed by atoms with van der Waals surface area (Å²) in [6, 6.07) is 13.7. The highest BCUT2D eigenvalue weighted by atomic mass is 16.3. The Kier molecular flexibility index (Phi) is 7.58. The highest BCUT2D eigenvalue weighted by molar-refractivity contribution is 6.06. The molecule has 0 bridgehead atoms. The molecular formula is C28H33N3O3. The first-order valence-corrected chi connectivity index (χ1v) is 12.2. The largest absolute Gasteiger partial charge is 0.393 e. The molecule has 0 aliphatic carbocycles. The number of fused-ring (bicyclic) bond motifs is 1. The van der Waals surface area contributed by atoms with Gasteiger partial charge in [-0.25, -0.2) is 0 Å². The highest BCUT2D eigenvalue weighted by Gasteiger charge is 2.20. The first-order chi connectivity index (χ1) is 16.4. The summed E-state index contributed by atoms with van der Waals surface area (Å²) in [5, 5.41) is 12.9. The fourth-order valence-electron chi connectivity index (χ4n) is 4.48. The van der Waals surface area contributed by atoms with Crippen LogP contribution >= 0.6 is 0 Å². The zero-order chi connectivity index (χ0) is 24.1. The maximum absolute atomic E-state index is 12.7. The molecule has 1 saturated heterocycles. The second kappa shape index (κ2) is 10.8. The minimum Gasteiger partial charge on any atom is -0.393 e. The molecule has 2 heterocycles. The van der Waals surface area contributed by atoms with E-state index in [9.17, 15) is 14.7 Å². The van der Waals surface area contributed by atoms with Gasteiger partial charge in [-0.3, -0.25) is 14.6 Å². The molecule has 6 nitrogen and oxygen atoms in total. The Morgan fingerprint density at radius 2 is 1.79 bits per heavy atom. The molecule has 34 heavy (non-hydrogen) atoms. The maximum atomic E-state index is 12.7. The van der Waals surface area contributed by atoms with E-state index < -0.39 is 6.10 Å². The van der Waals surface area contributed by atoms with Crippen LogP contribution < -0.4 is 5.32 Å². The molecule has 0 saturated carbocycles. The third-order valence-corrected chi connectivity index (χ3v) is 6.25. The molecule has 4 rings (SSSR count). The lowest BCUT2D eigenvalue weighted by Gasteiger charge is -2.15. The van der Waals surface area contributed by atoms with Crippen molar-refractivity contribution in [2.75, 3.05) is 19.6 Å². The quantitative estimate of drug-likeness (QED) is 0.627. The SMILES string of the molecule is CCCNC(=O)C1=Cc2ccc(-c3ccc(C(=O)N4CCCC4)cc3)cc2N=C(C[C@H](C)O)C1. The van der Waals surface area contributed by atoms with Crippen LogP contribution in [0.5, 0.6) is 0 Å². The number of hydrogen-bond donors (Lipinski definition) is 2. The zero-order valence-corrected chi connectivity index (χ0v) is 20.0. The molecule has 0 aromatic heterocycles. The van der Waals surface area contributed by atoms with Crippen LogP contribution in [0.25, 0.3) is 17.2 Å². The molecule has 1 fully saturated rings. The normalized spacial score (nSPS) is 16.3. The number of amides is 2. The van der Waals surface area contributed by atoms with Gasteiger partial charge < -0.3 is 15.3 Å². The molecule has 2 N–H and O–H groups in total. The second-order valence-electron chi connectivity index (χ2n) is 9.18. The van der Waals surface area contributed by atoms with E-state index in [-0.39, 0.29) is 11.8 Å². The van der Waals surface area contributed by atoms with Gasteiger partial charge in [0.25, 0.3) is 5.91 Å². The van der Waals surface area contributed by atoms with Gasteiger partial charge in [-0.05, 0) is 61.6 Å². The molecule has 178 valence electrons. The predicted molar refractivity (Wildman–Crippen MR) is 136 cm³/mol. The molecule has 0 spiro atoms. The lowest BCUT2D eigenvalue weighted by Crippen LogP contribution is -2.27. The smallest absolute Gasteiger partial charge is 0.253 e. The number of aliphatic hydroxyl groups is 1. The Bertz CT molecular complexity index is 1110. The third-order valence-electron chi connectivity index (χ3n) is 6.25. The van der Waals surface area contributed by atoms with Gasteiger partial charge in [0, 0.05) is 54.9 Å². The topological polar surface area (TPSA) is 82.0 Å². The number of nitrogens with one attached hydrogen (secondary N) is 1. The van der Waals surface area contributed by atoms with Gasteiger partial charge in [-0.1, -0.05) is 31.2 Å². The summed E-state index contributed by atoms with van der Waals surface area (Å²) >= 11 is 0. The number of benzene rings is 2. The average Bonchev–Trinajstić information content (AvgIpc) is 3.31. The van der Waals surface area contributed by atoms with E-state index in [1.165, 1.54) is 0 Å². The van der Waals surface area contributed by atoms with Gasteiger partial charge in [-0.15, -0.1) is 0 Å². The molecule has 2 aliphatic heterocycles. The van der Waals surface area contributed by atoms with Crippen molar-refractivity contribution in [2.24, 2.45) is 4.99 Å². The molecule has 2 aliphatic rings. The monoisotopic (exact) mass is 459 g/mol. The van der Waals surface area contributed by atoms with E-state index in [0.717, 1.165) is 60.4 Å². The number of rotatable bonds is 7. The number of nitrogens with zero attached hydrogens (tertiary/aromatic N) is 2. The van der Waals surface area contributed by atoms with Crippen molar-refractivity contribution in [1.82, 2.24) is 10.2 Å². The van der Waals surface area contributed by atoms with Crippen molar-refractivity contribution < 1.29 is 14.7 Å². The lowest BCUT2D eigenvalue weighted by molar-refractivity contribution is -0.117. The molecule has 2 aromatic rings. The van der Waals surface area contributed by atoms with E-state index in [2.05, 4.69) is 5.32 Å². The fourth-order valence-corrected chi connectivity index (χ4v) is 4.48. The Hall–Kier alpha value is -3.25. The van der Waals surface area contributed by atoms with Crippen LogP contribution in [-0.2, 0) is 4.79 Å². The van der Waals surface area contributed by atoms with Crippen LogP contribution in [0.3, 0.4) is 0 Å². The molecule has 0 unspecified atom stereocenters. The van der Waals surface area contributed by atoms with Gasteiger partial charge in [0.05, 0.1) is 11.8 Å². The van der Waals surface area contributed by atoms with Gasteiger partial charge in [0.1, 0.15) is 0 Å². The van der Waals surface area contributed by atoms with Crippen molar-refractivity contribution in [2.45, 2.75) is 52.1 Å². The van der Waals surface area contributed by atoms with Crippen molar-refractivity contribution in [3.05, 3.63) is 59.2 Å². The summed E-state index contributed by atoms with van der Waals surface area (Å²) < 4.78 is 0. The maximum Gasteiger partial charge on any atom is 0.253 e. The van der Waals surface area contributed by atoms with Crippen molar-refractivity contribution in [3.63, 3.8) is 0 Å². The number of carbonyl (C=O) groups excluding carboxylic acids is 2. The first kappa shape index (κ1) is 23.9. The Morgan fingerprint density at radius 1 is 1.09 bits per heavy atom. The summed E-state index contributed by atoms with van der Waals surface area (Å²) in [5.41, 5.74) is 5.81. The Labute approximate surface area is 201 Å². The van der Waals surface area contributed by atoms with Crippen molar-refractivity contribution >= 4 is 29.3 Å². The fraction of sp³-hybridized carbons (Fsp3) is 0.393. The van der Waals surface area contributed by atoms with Crippen molar-refractivity contribution in [3.8, 4) is 11.1 Å². The average molecular weight is 460 g/mol. The molecule has 6 heteroatoms. The summed E-state index contributed by atoms with van der Waals surface area (Å²) in [4.78, 5) is 32.1. The Morgan fingerprint density at radius 3 is 2.47 bits per heavy atom. The molecule has 2 aromatic carbocycles. The van der Waals surface area contributed by atoms with Crippen LogP contribution in [0.1, 0.15) is 61.9 Å². The first-order valence-electron chi connectivity index (χ1n) is 12.2. The van der Waals surface area contributed by atoms with E-state index in [1.54, 1.807) is 6.92 Å². The van der Waals surface area contributed by atoms with Crippen LogP contribution in [0, 0.1) is 0 Å². The second-order valence-corrected chi connectivity index (χ2v) is 9.18. The molecular weight excluding hydrogens is 426 g/mol. The summed E-state index contributed by atoms with van der Waals surface area (Å²) in [7, 11) is 0. The van der Waals surface area contributed by atoms with Gasteiger partial charge >= 0.3 is 0 Å². The van der Waals surface area contributed by atoms with Crippen LogP contribution in [0.2, 0.25) is 0 Å².